The third-order valence-electron chi connectivity index (χ3n) is 6.10. The summed E-state index contributed by atoms with van der Waals surface area (Å²) in [5.41, 5.74) is 4.05. The van der Waals surface area contributed by atoms with E-state index < -0.39 is 0 Å². The summed E-state index contributed by atoms with van der Waals surface area (Å²) in [6, 6.07) is 13.8. The van der Waals surface area contributed by atoms with Crippen LogP contribution in [0.25, 0.3) is 11.6 Å². The zero-order chi connectivity index (χ0) is 23.7. The summed E-state index contributed by atoms with van der Waals surface area (Å²) in [5, 5.41) is 11.5. The molecular weight excluding hydrogens is 446 g/mol. The second-order valence-electron chi connectivity index (χ2n) is 8.90. The molecule has 4 heterocycles. The van der Waals surface area contributed by atoms with Gasteiger partial charge in [0.15, 0.2) is 0 Å². The average molecular weight is 474 g/mol. The highest BCUT2D eigenvalue weighted by Gasteiger charge is 2.33. The van der Waals surface area contributed by atoms with Crippen molar-refractivity contribution < 1.29 is 9.21 Å². The number of amides is 1. The quantitative estimate of drug-likeness (QED) is 0.366. The van der Waals surface area contributed by atoms with Gasteiger partial charge in [0.1, 0.15) is 10.7 Å². The van der Waals surface area contributed by atoms with Gasteiger partial charge in [-0.1, -0.05) is 37.3 Å². The van der Waals surface area contributed by atoms with Gasteiger partial charge in [-0.15, -0.1) is 21.5 Å². The molecule has 0 N–H and O–H groups in total. The minimum Gasteiger partial charge on any atom is -0.419 e. The number of likely N-dealkylation sites (tertiary alicyclic amines) is 1. The Morgan fingerprint density at radius 2 is 1.97 bits per heavy atom. The predicted molar refractivity (Wildman–Crippen MR) is 131 cm³/mol. The van der Waals surface area contributed by atoms with E-state index in [1.807, 2.05) is 48.4 Å². The summed E-state index contributed by atoms with van der Waals surface area (Å²) in [6.07, 6.45) is 2.71. The fraction of sp³-hybridized carbons (Fsp3) is 0.346. The number of carbonyl (C=O) groups excluding carboxylic acids is 1. The van der Waals surface area contributed by atoms with Crippen molar-refractivity contribution in [3.63, 3.8) is 0 Å². The molecule has 1 aliphatic rings. The standard InChI is InChI=1S/C26H27N5O2S/c1-16(12-19-8-5-4-6-9-19)23-29-30-24(33-23)21-14-20(13-17(2)27-21)26(32)31-11-7-10-22(31)25-28-18(3)15-34-25/h4-6,8-9,13-16,22H,7,10-12H2,1-3H3. The molecule has 4 aromatic rings. The molecular formula is C26H27N5O2S. The lowest BCUT2D eigenvalue weighted by molar-refractivity contribution is 0.0735. The van der Waals surface area contributed by atoms with Crippen molar-refractivity contribution in [3.05, 3.63) is 81.3 Å². The normalized spacial score (nSPS) is 16.7. The Kier molecular flexibility index (Phi) is 6.24. The first-order valence-corrected chi connectivity index (χ1v) is 12.5. The lowest BCUT2D eigenvalue weighted by Crippen LogP contribution is -2.30. The van der Waals surface area contributed by atoms with Crippen molar-refractivity contribution in [1.82, 2.24) is 25.1 Å². The smallest absolute Gasteiger partial charge is 0.266 e. The van der Waals surface area contributed by atoms with E-state index in [1.54, 1.807) is 17.4 Å². The van der Waals surface area contributed by atoms with Crippen molar-refractivity contribution in [2.24, 2.45) is 0 Å². The first kappa shape index (κ1) is 22.4. The van der Waals surface area contributed by atoms with Gasteiger partial charge in [0.25, 0.3) is 11.8 Å². The molecule has 5 rings (SSSR count). The number of aromatic nitrogens is 4. The molecule has 0 saturated carbocycles. The number of carbonyl (C=O) groups is 1. The van der Waals surface area contributed by atoms with Gasteiger partial charge in [-0.3, -0.25) is 4.79 Å². The third kappa shape index (κ3) is 4.63. The van der Waals surface area contributed by atoms with E-state index in [4.69, 9.17) is 4.42 Å². The number of nitrogens with zero attached hydrogens (tertiary/aromatic N) is 5. The van der Waals surface area contributed by atoms with Gasteiger partial charge in [0.05, 0.1) is 6.04 Å². The van der Waals surface area contributed by atoms with Crippen molar-refractivity contribution in [1.29, 1.82) is 0 Å². The van der Waals surface area contributed by atoms with Gasteiger partial charge in [0, 0.05) is 34.8 Å². The highest BCUT2D eigenvalue weighted by Crippen LogP contribution is 2.35. The molecule has 2 atom stereocenters. The number of hydrogen-bond donors (Lipinski definition) is 0. The number of benzene rings is 1. The molecule has 1 aliphatic heterocycles. The number of aryl methyl sites for hydroxylation is 2. The Bertz CT molecular complexity index is 1300. The van der Waals surface area contributed by atoms with E-state index in [0.717, 1.165) is 42.2 Å². The van der Waals surface area contributed by atoms with E-state index in [0.29, 0.717) is 23.0 Å². The number of hydrogen-bond acceptors (Lipinski definition) is 7. The van der Waals surface area contributed by atoms with Crippen molar-refractivity contribution in [2.45, 2.75) is 52.0 Å². The van der Waals surface area contributed by atoms with Gasteiger partial charge in [-0.2, -0.15) is 0 Å². The molecule has 1 fully saturated rings. The second kappa shape index (κ2) is 9.46. The summed E-state index contributed by atoms with van der Waals surface area (Å²) in [5.74, 6) is 0.955. The number of pyridine rings is 1. The lowest BCUT2D eigenvalue weighted by Gasteiger charge is -2.23. The van der Waals surface area contributed by atoms with Crippen LogP contribution in [-0.2, 0) is 6.42 Å². The summed E-state index contributed by atoms with van der Waals surface area (Å²) in [6.45, 7) is 6.65. The van der Waals surface area contributed by atoms with Crippen molar-refractivity contribution in [2.75, 3.05) is 6.54 Å². The summed E-state index contributed by atoms with van der Waals surface area (Å²) < 4.78 is 5.99. The largest absolute Gasteiger partial charge is 0.419 e. The lowest BCUT2D eigenvalue weighted by atomic mass is 10.0. The molecule has 0 radical (unpaired) electrons. The molecule has 34 heavy (non-hydrogen) atoms. The van der Waals surface area contributed by atoms with Gasteiger partial charge >= 0.3 is 0 Å². The maximum absolute atomic E-state index is 13.5. The Morgan fingerprint density at radius 3 is 2.74 bits per heavy atom. The van der Waals surface area contributed by atoms with Gasteiger partial charge < -0.3 is 9.32 Å². The Morgan fingerprint density at radius 1 is 1.15 bits per heavy atom. The van der Waals surface area contributed by atoms with Gasteiger partial charge in [-0.25, -0.2) is 9.97 Å². The Hall–Kier alpha value is -3.39. The topological polar surface area (TPSA) is 85.0 Å². The number of rotatable bonds is 6. The van der Waals surface area contributed by atoms with Crippen LogP contribution in [0.3, 0.4) is 0 Å². The highest BCUT2D eigenvalue weighted by atomic mass is 32.1. The van der Waals surface area contributed by atoms with E-state index >= 15 is 0 Å². The van der Waals surface area contributed by atoms with E-state index in [1.165, 1.54) is 5.56 Å². The first-order chi connectivity index (χ1) is 16.5. The zero-order valence-electron chi connectivity index (χ0n) is 19.6. The minimum atomic E-state index is -0.0145. The summed E-state index contributed by atoms with van der Waals surface area (Å²) >= 11 is 1.62. The summed E-state index contributed by atoms with van der Waals surface area (Å²) in [7, 11) is 0. The first-order valence-electron chi connectivity index (χ1n) is 11.6. The fourth-order valence-corrected chi connectivity index (χ4v) is 5.39. The zero-order valence-corrected chi connectivity index (χ0v) is 20.4. The van der Waals surface area contributed by atoms with Crippen LogP contribution in [0, 0.1) is 13.8 Å². The Labute approximate surface area is 202 Å². The minimum absolute atomic E-state index is 0.0145. The van der Waals surface area contributed by atoms with Gasteiger partial charge in [0.2, 0.25) is 5.89 Å². The molecule has 0 bridgehead atoms. The highest BCUT2D eigenvalue weighted by molar-refractivity contribution is 7.09. The molecule has 174 valence electrons. The van der Waals surface area contributed by atoms with Crippen LogP contribution in [0.2, 0.25) is 0 Å². The Balaban J connectivity index is 1.37. The van der Waals surface area contributed by atoms with Crippen molar-refractivity contribution >= 4 is 17.2 Å². The summed E-state index contributed by atoms with van der Waals surface area (Å²) in [4.78, 5) is 24.6. The monoisotopic (exact) mass is 473 g/mol. The number of thiazole rings is 1. The van der Waals surface area contributed by atoms with Crippen LogP contribution in [0.5, 0.6) is 0 Å². The van der Waals surface area contributed by atoms with Crippen LogP contribution < -0.4 is 0 Å². The van der Waals surface area contributed by atoms with E-state index in [-0.39, 0.29) is 17.9 Å². The molecule has 1 saturated heterocycles. The van der Waals surface area contributed by atoms with Gasteiger partial charge in [-0.05, 0) is 50.8 Å². The molecule has 0 spiro atoms. The van der Waals surface area contributed by atoms with Crippen LogP contribution in [-0.4, -0.2) is 37.5 Å². The average Bonchev–Trinajstić information content (AvgIpc) is 3.59. The molecule has 0 aliphatic carbocycles. The van der Waals surface area contributed by atoms with Crippen LogP contribution in [0.15, 0.2) is 52.3 Å². The van der Waals surface area contributed by atoms with E-state index in [2.05, 4.69) is 39.2 Å². The molecule has 1 aromatic carbocycles. The van der Waals surface area contributed by atoms with Crippen LogP contribution >= 0.6 is 11.3 Å². The van der Waals surface area contributed by atoms with E-state index in [9.17, 15) is 4.79 Å². The maximum Gasteiger partial charge on any atom is 0.266 e. The van der Waals surface area contributed by atoms with Crippen molar-refractivity contribution in [3.8, 4) is 11.6 Å². The predicted octanol–water partition coefficient (Wildman–Crippen LogP) is 5.53. The molecule has 1 amide bonds. The maximum atomic E-state index is 13.5. The molecule has 2 unspecified atom stereocenters. The molecule has 8 heteroatoms. The molecule has 3 aromatic heterocycles. The molecule has 7 nitrogen and oxygen atoms in total. The van der Waals surface area contributed by atoms with Crippen LogP contribution in [0.1, 0.15) is 69.9 Å². The fourth-order valence-electron chi connectivity index (χ4n) is 4.45. The second-order valence-corrected chi connectivity index (χ2v) is 9.79. The third-order valence-corrected chi connectivity index (χ3v) is 7.17. The van der Waals surface area contributed by atoms with Crippen LogP contribution in [0.4, 0.5) is 0 Å². The SMILES string of the molecule is Cc1cc(C(=O)N2CCCC2c2nc(C)cs2)cc(-c2nnc(C(C)Cc3ccccc3)o2)n1.